The summed E-state index contributed by atoms with van der Waals surface area (Å²) >= 11 is 3.46. The summed E-state index contributed by atoms with van der Waals surface area (Å²) < 4.78 is 32.8. The van der Waals surface area contributed by atoms with E-state index in [4.69, 9.17) is 4.74 Å². The molecule has 1 heterocycles. The van der Waals surface area contributed by atoms with Crippen LogP contribution < -0.4 is 0 Å². The molecule has 94 valence electrons. The molecule has 0 spiro atoms. The molecule has 1 aromatic carbocycles. The second-order valence-electron chi connectivity index (χ2n) is 4.64. The number of hydrogen-bond donors (Lipinski definition) is 0. The van der Waals surface area contributed by atoms with Crippen LogP contribution in [0.2, 0.25) is 0 Å². The Labute approximate surface area is 108 Å². The standard InChI is InChI=1S/C13H15BrF2O/c1-9-13(8-14,5-6-17-9)7-10-11(15)3-2-4-12(10)16/h2-4,9H,5-8H2,1H3. The summed E-state index contributed by atoms with van der Waals surface area (Å²) in [6, 6.07) is 4.01. The van der Waals surface area contributed by atoms with Gasteiger partial charge in [-0.05, 0) is 31.9 Å². The molecule has 1 aliphatic rings. The minimum Gasteiger partial charge on any atom is -0.378 e. The molecule has 2 atom stereocenters. The monoisotopic (exact) mass is 304 g/mol. The van der Waals surface area contributed by atoms with Crippen molar-refractivity contribution in [1.82, 2.24) is 0 Å². The first-order chi connectivity index (χ1) is 8.09. The molecule has 1 nitrogen and oxygen atoms in total. The van der Waals surface area contributed by atoms with E-state index in [1.807, 2.05) is 6.92 Å². The summed E-state index contributed by atoms with van der Waals surface area (Å²) in [5, 5.41) is 0.689. The van der Waals surface area contributed by atoms with Crippen molar-refractivity contribution in [2.24, 2.45) is 5.41 Å². The summed E-state index contributed by atoms with van der Waals surface area (Å²) in [5.41, 5.74) is -0.0347. The number of alkyl halides is 1. The summed E-state index contributed by atoms with van der Waals surface area (Å²) in [4.78, 5) is 0. The number of hydrogen-bond acceptors (Lipinski definition) is 1. The molecule has 2 unspecified atom stereocenters. The number of rotatable bonds is 3. The third kappa shape index (κ3) is 2.38. The van der Waals surface area contributed by atoms with E-state index >= 15 is 0 Å². The number of halogens is 3. The maximum Gasteiger partial charge on any atom is 0.129 e. The lowest BCUT2D eigenvalue weighted by atomic mass is 9.78. The lowest BCUT2D eigenvalue weighted by Crippen LogP contribution is -2.33. The van der Waals surface area contributed by atoms with Crippen molar-refractivity contribution in [3.05, 3.63) is 35.4 Å². The maximum atomic E-state index is 13.6. The van der Waals surface area contributed by atoms with Crippen LogP contribution in [0, 0.1) is 17.0 Å². The van der Waals surface area contributed by atoms with Crippen molar-refractivity contribution in [2.75, 3.05) is 11.9 Å². The highest BCUT2D eigenvalue weighted by molar-refractivity contribution is 9.09. The van der Waals surface area contributed by atoms with Gasteiger partial charge in [-0.2, -0.15) is 0 Å². The maximum absolute atomic E-state index is 13.6. The molecular weight excluding hydrogens is 290 g/mol. The van der Waals surface area contributed by atoms with Gasteiger partial charge in [0.1, 0.15) is 11.6 Å². The van der Waals surface area contributed by atoms with Gasteiger partial charge in [0.2, 0.25) is 0 Å². The molecule has 0 N–H and O–H groups in total. The van der Waals surface area contributed by atoms with Crippen molar-refractivity contribution in [1.29, 1.82) is 0 Å². The van der Waals surface area contributed by atoms with Crippen molar-refractivity contribution >= 4 is 15.9 Å². The Hall–Kier alpha value is -0.480. The molecule has 1 aromatic rings. The quantitative estimate of drug-likeness (QED) is 0.774. The second kappa shape index (κ2) is 5.02. The molecule has 0 saturated carbocycles. The highest BCUT2D eigenvalue weighted by Gasteiger charge is 2.41. The fourth-order valence-corrected chi connectivity index (χ4v) is 3.26. The molecular formula is C13H15BrF2O. The van der Waals surface area contributed by atoms with Gasteiger partial charge in [-0.15, -0.1) is 0 Å². The van der Waals surface area contributed by atoms with Gasteiger partial charge in [-0.3, -0.25) is 0 Å². The van der Waals surface area contributed by atoms with Gasteiger partial charge in [-0.1, -0.05) is 22.0 Å². The summed E-state index contributed by atoms with van der Waals surface area (Å²) in [6.07, 6.45) is 1.21. The Morgan fingerprint density at radius 3 is 2.53 bits per heavy atom. The fraction of sp³-hybridized carbons (Fsp3) is 0.538. The highest BCUT2D eigenvalue weighted by atomic mass is 79.9. The van der Waals surface area contributed by atoms with Crippen LogP contribution >= 0.6 is 15.9 Å². The Bertz CT molecular complexity index is 390. The van der Waals surface area contributed by atoms with Crippen molar-refractivity contribution < 1.29 is 13.5 Å². The SMILES string of the molecule is CC1OCCC1(CBr)Cc1c(F)cccc1F. The van der Waals surface area contributed by atoms with Gasteiger partial charge in [0.15, 0.2) is 0 Å². The number of ether oxygens (including phenoxy) is 1. The molecule has 1 saturated heterocycles. The molecule has 2 rings (SSSR count). The summed E-state index contributed by atoms with van der Waals surface area (Å²) in [6.45, 7) is 2.62. The third-order valence-electron chi connectivity index (χ3n) is 3.69. The van der Waals surface area contributed by atoms with Gasteiger partial charge in [-0.25, -0.2) is 8.78 Å². The topological polar surface area (TPSA) is 9.23 Å². The summed E-state index contributed by atoms with van der Waals surface area (Å²) in [7, 11) is 0. The Kier molecular flexibility index (Phi) is 3.83. The minimum atomic E-state index is -0.468. The first-order valence-corrected chi connectivity index (χ1v) is 6.82. The molecule has 1 fully saturated rings. The third-order valence-corrected chi connectivity index (χ3v) is 4.80. The zero-order chi connectivity index (χ0) is 12.5. The predicted molar refractivity (Wildman–Crippen MR) is 66.3 cm³/mol. The minimum absolute atomic E-state index is 0.0147. The van der Waals surface area contributed by atoms with Gasteiger partial charge in [0.25, 0.3) is 0 Å². The van der Waals surface area contributed by atoms with Crippen LogP contribution in [0.5, 0.6) is 0 Å². The van der Waals surface area contributed by atoms with Crippen LogP contribution in [0.1, 0.15) is 18.9 Å². The van der Waals surface area contributed by atoms with E-state index in [0.717, 1.165) is 6.42 Å². The fourth-order valence-electron chi connectivity index (χ4n) is 2.33. The van der Waals surface area contributed by atoms with Crippen molar-refractivity contribution in [2.45, 2.75) is 25.9 Å². The van der Waals surface area contributed by atoms with Crippen LogP contribution in [0.15, 0.2) is 18.2 Å². The molecule has 0 aliphatic carbocycles. The van der Waals surface area contributed by atoms with Gasteiger partial charge in [0, 0.05) is 22.9 Å². The van der Waals surface area contributed by atoms with Gasteiger partial charge in [0.05, 0.1) is 6.10 Å². The van der Waals surface area contributed by atoms with E-state index in [1.165, 1.54) is 18.2 Å². The molecule has 17 heavy (non-hydrogen) atoms. The number of benzene rings is 1. The molecule has 0 aromatic heterocycles. The lowest BCUT2D eigenvalue weighted by Gasteiger charge is -2.30. The molecule has 1 aliphatic heterocycles. The average molecular weight is 305 g/mol. The van der Waals surface area contributed by atoms with Crippen molar-refractivity contribution in [3.63, 3.8) is 0 Å². The largest absolute Gasteiger partial charge is 0.378 e. The van der Waals surface area contributed by atoms with Crippen LogP contribution in [-0.2, 0) is 11.2 Å². The van der Waals surface area contributed by atoms with E-state index < -0.39 is 11.6 Å². The van der Waals surface area contributed by atoms with E-state index in [1.54, 1.807) is 0 Å². The van der Waals surface area contributed by atoms with E-state index in [-0.39, 0.29) is 17.1 Å². The Balaban J connectivity index is 2.30. The van der Waals surface area contributed by atoms with E-state index in [9.17, 15) is 8.78 Å². The van der Waals surface area contributed by atoms with Crippen LogP contribution in [0.3, 0.4) is 0 Å². The molecule has 0 amide bonds. The first kappa shape index (κ1) is 13.0. The first-order valence-electron chi connectivity index (χ1n) is 5.69. The zero-order valence-electron chi connectivity index (χ0n) is 9.68. The second-order valence-corrected chi connectivity index (χ2v) is 5.20. The van der Waals surface area contributed by atoms with Crippen LogP contribution in [0.4, 0.5) is 8.78 Å². The highest BCUT2D eigenvalue weighted by Crippen LogP contribution is 2.40. The van der Waals surface area contributed by atoms with Crippen LogP contribution in [0.25, 0.3) is 0 Å². The Morgan fingerprint density at radius 2 is 2.06 bits per heavy atom. The van der Waals surface area contributed by atoms with E-state index in [0.29, 0.717) is 18.4 Å². The average Bonchev–Trinajstić information content (AvgIpc) is 2.66. The smallest absolute Gasteiger partial charge is 0.129 e. The molecule has 4 heteroatoms. The van der Waals surface area contributed by atoms with Gasteiger partial charge < -0.3 is 4.74 Å². The lowest BCUT2D eigenvalue weighted by molar-refractivity contribution is 0.0739. The predicted octanol–water partition coefficient (Wildman–Crippen LogP) is 3.70. The Morgan fingerprint density at radius 1 is 1.41 bits per heavy atom. The van der Waals surface area contributed by atoms with Crippen molar-refractivity contribution in [3.8, 4) is 0 Å². The normalized spacial score (nSPS) is 28.6. The van der Waals surface area contributed by atoms with Crippen LogP contribution in [-0.4, -0.2) is 18.0 Å². The van der Waals surface area contributed by atoms with E-state index in [2.05, 4.69) is 15.9 Å². The zero-order valence-corrected chi connectivity index (χ0v) is 11.3. The summed E-state index contributed by atoms with van der Waals surface area (Å²) in [5.74, 6) is -0.936. The molecule has 0 radical (unpaired) electrons. The molecule has 0 bridgehead atoms. The van der Waals surface area contributed by atoms with Gasteiger partial charge >= 0.3 is 0 Å².